The summed E-state index contributed by atoms with van der Waals surface area (Å²) in [6, 6.07) is 5.10. The molecule has 1 saturated carbocycles. The lowest BCUT2D eigenvalue weighted by atomic mass is 9.89. The standard InChI is InChI=1S/C22H31FN4O3S/c1-15-7-8-19(23)18-14-20(25-21(15)18)22(28)24-16-5-3-6-17(13-16)26-9-4-10-27(12-11-26)31(2,29)30/h7-8,14,16-17,25H,3-6,9-13H2,1-2H3,(H,24,28)/t16-,17-/m1/s1. The molecule has 1 aromatic heterocycles. The highest BCUT2D eigenvalue weighted by molar-refractivity contribution is 7.88. The molecule has 0 bridgehead atoms. The van der Waals surface area contributed by atoms with E-state index >= 15 is 0 Å². The summed E-state index contributed by atoms with van der Waals surface area (Å²) in [6.45, 7) is 4.57. The number of hydrogen-bond donors (Lipinski definition) is 2. The van der Waals surface area contributed by atoms with Crippen molar-refractivity contribution in [3.05, 3.63) is 35.3 Å². The van der Waals surface area contributed by atoms with E-state index in [1.807, 2.05) is 6.92 Å². The number of H-pyrrole nitrogens is 1. The average molecular weight is 451 g/mol. The minimum Gasteiger partial charge on any atom is -0.350 e. The van der Waals surface area contributed by atoms with Crippen molar-refractivity contribution in [3.8, 4) is 0 Å². The molecule has 4 rings (SSSR count). The van der Waals surface area contributed by atoms with Crippen LogP contribution in [0.1, 0.15) is 48.2 Å². The van der Waals surface area contributed by atoms with Crippen LogP contribution in [0.5, 0.6) is 0 Å². The van der Waals surface area contributed by atoms with Crippen LogP contribution in [-0.2, 0) is 10.0 Å². The van der Waals surface area contributed by atoms with Crippen LogP contribution in [0.15, 0.2) is 18.2 Å². The second-order valence-corrected chi connectivity index (χ2v) is 10.9. The number of sulfonamides is 1. The first kappa shape index (κ1) is 22.2. The summed E-state index contributed by atoms with van der Waals surface area (Å²) in [5, 5.41) is 3.56. The van der Waals surface area contributed by atoms with Crippen LogP contribution in [-0.4, -0.2) is 73.0 Å². The third kappa shape index (κ3) is 4.94. The van der Waals surface area contributed by atoms with E-state index in [0.717, 1.165) is 50.8 Å². The number of nitrogens with zero attached hydrogens (tertiary/aromatic N) is 2. The Morgan fingerprint density at radius 1 is 1.16 bits per heavy atom. The van der Waals surface area contributed by atoms with E-state index in [1.54, 1.807) is 16.4 Å². The molecule has 0 spiro atoms. The summed E-state index contributed by atoms with van der Waals surface area (Å²) in [5.74, 6) is -0.544. The minimum absolute atomic E-state index is 0.0536. The van der Waals surface area contributed by atoms with Crippen molar-refractivity contribution < 1.29 is 17.6 Å². The molecule has 9 heteroatoms. The molecule has 170 valence electrons. The Morgan fingerprint density at radius 3 is 2.71 bits per heavy atom. The maximum absolute atomic E-state index is 14.1. The van der Waals surface area contributed by atoms with Crippen molar-refractivity contribution in [2.75, 3.05) is 32.4 Å². The van der Waals surface area contributed by atoms with Gasteiger partial charge in [0.05, 0.1) is 11.8 Å². The number of aryl methyl sites for hydroxylation is 1. The molecule has 2 aliphatic rings. The lowest BCUT2D eigenvalue weighted by Gasteiger charge is -2.37. The van der Waals surface area contributed by atoms with Crippen molar-refractivity contribution in [3.63, 3.8) is 0 Å². The summed E-state index contributed by atoms with van der Waals surface area (Å²) in [5.41, 5.74) is 1.94. The SMILES string of the molecule is Cc1ccc(F)c2cc(C(=O)N[C@@H]3CCC[C@@H](N4CCCN(S(C)(=O)=O)CC4)C3)[nH]c12. The zero-order chi connectivity index (χ0) is 22.2. The number of hydrogen-bond acceptors (Lipinski definition) is 4. The second-order valence-electron chi connectivity index (χ2n) is 8.88. The lowest BCUT2D eigenvalue weighted by molar-refractivity contribution is 0.0890. The number of carbonyl (C=O) groups excluding carboxylic acids is 1. The van der Waals surface area contributed by atoms with E-state index in [-0.39, 0.29) is 17.8 Å². The van der Waals surface area contributed by atoms with E-state index in [0.29, 0.717) is 35.7 Å². The molecule has 2 fully saturated rings. The van der Waals surface area contributed by atoms with Gasteiger partial charge in [0.1, 0.15) is 11.5 Å². The zero-order valence-corrected chi connectivity index (χ0v) is 19.0. The fraction of sp³-hybridized carbons (Fsp3) is 0.591. The Bertz CT molecular complexity index is 1030. The molecule has 0 unspecified atom stereocenters. The Balaban J connectivity index is 1.39. The number of aromatic nitrogens is 1. The van der Waals surface area contributed by atoms with Crippen LogP contribution < -0.4 is 5.32 Å². The molecule has 2 heterocycles. The molecule has 7 nitrogen and oxygen atoms in total. The van der Waals surface area contributed by atoms with Gasteiger partial charge in [0.25, 0.3) is 5.91 Å². The van der Waals surface area contributed by atoms with Gasteiger partial charge in [0.2, 0.25) is 10.0 Å². The molecule has 1 aromatic carbocycles. The fourth-order valence-electron chi connectivity index (χ4n) is 4.95. The first-order valence-corrected chi connectivity index (χ1v) is 12.8. The Morgan fingerprint density at radius 2 is 1.97 bits per heavy atom. The van der Waals surface area contributed by atoms with Gasteiger partial charge in [-0.1, -0.05) is 6.07 Å². The molecule has 1 saturated heterocycles. The third-order valence-electron chi connectivity index (χ3n) is 6.65. The Labute approximate surface area is 183 Å². The van der Waals surface area contributed by atoms with Gasteiger partial charge in [-0.2, -0.15) is 0 Å². The van der Waals surface area contributed by atoms with Crippen LogP contribution in [0.25, 0.3) is 10.9 Å². The summed E-state index contributed by atoms with van der Waals surface area (Å²) in [6.07, 6.45) is 5.93. The number of aromatic amines is 1. The summed E-state index contributed by atoms with van der Waals surface area (Å²) in [7, 11) is -3.16. The second kappa shape index (κ2) is 8.88. The van der Waals surface area contributed by atoms with Crippen LogP contribution in [0.4, 0.5) is 4.39 Å². The van der Waals surface area contributed by atoms with Gasteiger partial charge >= 0.3 is 0 Å². The van der Waals surface area contributed by atoms with Gasteiger partial charge in [-0.25, -0.2) is 17.1 Å². The highest BCUT2D eigenvalue weighted by Crippen LogP contribution is 2.26. The zero-order valence-electron chi connectivity index (χ0n) is 18.2. The van der Waals surface area contributed by atoms with Crippen molar-refractivity contribution in [1.82, 2.24) is 19.5 Å². The number of benzene rings is 1. The van der Waals surface area contributed by atoms with E-state index < -0.39 is 10.0 Å². The maximum Gasteiger partial charge on any atom is 0.267 e. The molecule has 0 radical (unpaired) electrons. The van der Waals surface area contributed by atoms with Gasteiger partial charge in [-0.15, -0.1) is 0 Å². The van der Waals surface area contributed by atoms with E-state index in [2.05, 4.69) is 15.2 Å². The van der Waals surface area contributed by atoms with E-state index in [9.17, 15) is 17.6 Å². The summed E-state index contributed by atoms with van der Waals surface area (Å²) < 4.78 is 39.4. The maximum atomic E-state index is 14.1. The molecule has 1 amide bonds. The third-order valence-corrected chi connectivity index (χ3v) is 7.95. The normalized spacial score (nSPS) is 24.2. The van der Waals surface area contributed by atoms with Crippen LogP contribution in [0, 0.1) is 12.7 Å². The number of nitrogens with one attached hydrogen (secondary N) is 2. The van der Waals surface area contributed by atoms with Gasteiger partial charge in [0.15, 0.2) is 0 Å². The van der Waals surface area contributed by atoms with Crippen molar-refractivity contribution >= 4 is 26.8 Å². The smallest absolute Gasteiger partial charge is 0.267 e. The molecule has 31 heavy (non-hydrogen) atoms. The van der Waals surface area contributed by atoms with Crippen molar-refractivity contribution in [2.45, 2.75) is 51.1 Å². The van der Waals surface area contributed by atoms with Gasteiger partial charge in [0, 0.05) is 37.1 Å². The molecule has 2 atom stereocenters. The van der Waals surface area contributed by atoms with Gasteiger partial charge in [-0.3, -0.25) is 9.69 Å². The number of rotatable bonds is 4. The van der Waals surface area contributed by atoms with Crippen LogP contribution >= 0.6 is 0 Å². The molecular formula is C22H31FN4O3S. The highest BCUT2D eigenvalue weighted by atomic mass is 32.2. The van der Waals surface area contributed by atoms with Crippen molar-refractivity contribution in [2.24, 2.45) is 0 Å². The van der Waals surface area contributed by atoms with E-state index in [1.165, 1.54) is 12.3 Å². The fourth-order valence-corrected chi connectivity index (χ4v) is 5.82. The summed E-state index contributed by atoms with van der Waals surface area (Å²) >= 11 is 0. The largest absolute Gasteiger partial charge is 0.350 e. The number of fused-ring (bicyclic) bond motifs is 1. The number of carbonyl (C=O) groups is 1. The van der Waals surface area contributed by atoms with Crippen LogP contribution in [0.2, 0.25) is 0 Å². The Kier molecular flexibility index (Phi) is 6.37. The average Bonchev–Trinajstić information content (AvgIpc) is 3.03. The summed E-state index contributed by atoms with van der Waals surface area (Å²) in [4.78, 5) is 18.3. The first-order valence-electron chi connectivity index (χ1n) is 11.0. The van der Waals surface area contributed by atoms with Gasteiger partial charge in [-0.05, 0) is 63.3 Å². The van der Waals surface area contributed by atoms with E-state index in [4.69, 9.17) is 0 Å². The molecular weight excluding hydrogens is 419 g/mol. The predicted octanol–water partition coefficient (Wildman–Crippen LogP) is 2.62. The first-order chi connectivity index (χ1) is 14.7. The van der Waals surface area contributed by atoms with Crippen LogP contribution in [0.3, 0.4) is 0 Å². The molecule has 2 aromatic rings. The minimum atomic E-state index is -3.16. The number of amides is 1. The topological polar surface area (TPSA) is 85.5 Å². The molecule has 1 aliphatic carbocycles. The molecule has 1 aliphatic heterocycles. The van der Waals surface area contributed by atoms with Gasteiger partial charge < -0.3 is 10.3 Å². The molecule has 2 N–H and O–H groups in total. The lowest BCUT2D eigenvalue weighted by Crippen LogP contribution is -2.47. The van der Waals surface area contributed by atoms with Crippen molar-refractivity contribution in [1.29, 1.82) is 0 Å². The monoisotopic (exact) mass is 450 g/mol. The quantitative estimate of drug-likeness (QED) is 0.750. The highest BCUT2D eigenvalue weighted by Gasteiger charge is 2.30. The predicted molar refractivity (Wildman–Crippen MR) is 119 cm³/mol. The number of halogens is 1. The Hall–Kier alpha value is -1.97.